The molecule has 27 heavy (non-hydrogen) atoms. The molecule has 144 valence electrons. The SMILES string of the molecule is CCNC(=NCCc1ncc(CC)s1)NCCc1cn2cccc(C)c2n1. The number of nitrogens with one attached hydrogen (secondary N) is 2. The minimum Gasteiger partial charge on any atom is -0.357 e. The van der Waals surface area contributed by atoms with E-state index >= 15 is 0 Å². The molecular weight excluding hydrogens is 356 g/mol. The van der Waals surface area contributed by atoms with Gasteiger partial charge in [0.15, 0.2) is 5.96 Å². The molecule has 3 rings (SSSR count). The van der Waals surface area contributed by atoms with Crippen LogP contribution in [0.3, 0.4) is 0 Å². The van der Waals surface area contributed by atoms with Crippen LogP contribution in [0.1, 0.15) is 35.0 Å². The first kappa shape index (κ1) is 19.4. The molecule has 0 aliphatic carbocycles. The second-order valence-corrected chi connectivity index (χ2v) is 7.62. The van der Waals surface area contributed by atoms with E-state index in [0.29, 0.717) is 0 Å². The number of hydrogen-bond acceptors (Lipinski definition) is 4. The maximum atomic E-state index is 4.72. The molecule has 3 aromatic heterocycles. The second kappa shape index (κ2) is 9.50. The quantitative estimate of drug-likeness (QED) is 0.463. The molecule has 0 aliphatic heterocycles. The molecule has 0 spiro atoms. The number of aliphatic imine (C=N–C) groups is 1. The first-order valence-corrected chi connectivity index (χ1v) is 10.4. The predicted octanol–water partition coefficient (Wildman–Crippen LogP) is 3.00. The first-order chi connectivity index (χ1) is 13.2. The van der Waals surface area contributed by atoms with Crippen LogP contribution in [0.2, 0.25) is 0 Å². The summed E-state index contributed by atoms with van der Waals surface area (Å²) < 4.78 is 2.09. The summed E-state index contributed by atoms with van der Waals surface area (Å²) in [6.07, 6.45) is 8.91. The standard InChI is InChI=1S/C20H28N6S/c1-4-17-13-24-18(27-17)9-11-23-20(21-5-2)22-10-8-16-14-26-12-6-7-15(3)19(26)25-16/h6-7,12-14H,4-5,8-11H2,1-3H3,(H2,21,22,23). The number of hydrogen-bond donors (Lipinski definition) is 2. The van der Waals surface area contributed by atoms with Gasteiger partial charge in [-0.3, -0.25) is 4.99 Å². The van der Waals surface area contributed by atoms with E-state index in [0.717, 1.165) is 61.2 Å². The van der Waals surface area contributed by atoms with Crippen LogP contribution in [0.15, 0.2) is 35.7 Å². The van der Waals surface area contributed by atoms with E-state index in [1.807, 2.05) is 18.5 Å². The Morgan fingerprint density at radius 2 is 2.15 bits per heavy atom. The number of guanidine groups is 1. The number of thiazole rings is 1. The fourth-order valence-corrected chi connectivity index (χ4v) is 3.72. The second-order valence-electron chi connectivity index (χ2n) is 6.42. The maximum Gasteiger partial charge on any atom is 0.191 e. The average molecular weight is 385 g/mol. The van der Waals surface area contributed by atoms with Crippen molar-refractivity contribution in [3.63, 3.8) is 0 Å². The molecular formula is C20H28N6S. The summed E-state index contributed by atoms with van der Waals surface area (Å²) in [5.74, 6) is 0.852. The molecule has 0 radical (unpaired) electrons. The van der Waals surface area contributed by atoms with E-state index in [4.69, 9.17) is 4.98 Å². The summed E-state index contributed by atoms with van der Waals surface area (Å²) in [6, 6.07) is 4.14. The molecule has 6 nitrogen and oxygen atoms in total. The average Bonchev–Trinajstić information content (AvgIpc) is 3.29. The molecule has 0 saturated carbocycles. The summed E-state index contributed by atoms with van der Waals surface area (Å²) in [7, 11) is 0. The van der Waals surface area contributed by atoms with Crippen LogP contribution in [0.25, 0.3) is 5.65 Å². The summed E-state index contributed by atoms with van der Waals surface area (Å²) in [5, 5.41) is 7.87. The third-order valence-electron chi connectivity index (χ3n) is 4.29. The van der Waals surface area contributed by atoms with Gasteiger partial charge < -0.3 is 15.0 Å². The number of nitrogens with zero attached hydrogens (tertiary/aromatic N) is 4. The zero-order valence-corrected chi connectivity index (χ0v) is 17.1. The number of pyridine rings is 1. The normalized spacial score (nSPS) is 11.9. The number of aromatic nitrogens is 3. The van der Waals surface area contributed by atoms with Gasteiger partial charge in [-0.1, -0.05) is 13.0 Å². The molecule has 0 unspecified atom stereocenters. The van der Waals surface area contributed by atoms with Crippen LogP contribution >= 0.6 is 11.3 Å². The smallest absolute Gasteiger partial charge is 0.191 e. The van der Waals surface area contributed by atoms with E-state index in [9.17, 15) is 0 Å². The van der Waals surface area contributed by atoms with E-state index in [1.165, 1.54) is 10.4 Å². The van der Waals surface area contributed by atoms with Crippen molar-refractivity contribution in [3.8, 4) is 0 Å². The Bertz CT molecular complexity index is 895. The third-order valence-corrected chi connectivity index (χ3v) is 5.49. The lowest BCUT2D eigenvalue weighted by molar-refractivity contribution is 0.788. The molecule has 0 bridgehead atoms. The monoisotopic (exact) mass is 384 g/mol. The van der Waals surface area contributed by atoms with Crippen molar-refractivity contribution < 1.29 is 0 Å². The van der Waals surface area contributed by atoms with Gasteiger partial charge in [-0.15, -0.1) is 11.3 Å². The van der Waals surface area contributed by atoms with E-state index in [2.05, 4.69) is 58.0 Å². The lowest BCUT2D eigenvalue weighted by Gasteiger charge is -2.10. The van der Waals surface area contributed by atoms with Crippen molar-refractivity contribution in [1.29, 1.82) is 0 Å². The molecule has 0 amide bonds. The number of rotatable bonds is 8. The largest absolute Gasteiger partial charge is 0.357 e. The minimum absolute atomic E-state index is 0.736. The highest BCUT2D eigenvalue weighted by Crippen LogP contribution is 2.13. The Morgan fingerprint density at radius 3 is 2.89 bits per heavy atom. The molecule has 2 N–H and O–H groups in total. The lowest BCUT2D eigenvalue weighted by Crippen LogP contribution is -2.38. The molecule has 0 fully saturated rings. The van der Waals surface area contributed by atoms with Crippen molar-refractivity contribution >= 4 is 22.9 Å². The van der Waals surface area contributed by atoms with Gasteiger partial charge in [0.2, 0.25) is 0 Å². The van der Waals surface area contributed by atoms with Gasteiger partial charge in [0.05, 0.1) is 10.7 Å². The summed E-state index contributed by atoms with van der Waals surface area (Å²) in [6.45, 7) is 8.71. The predicted molar refractivity (Wildman–Crippen MR) is 113 cm³/mol. The van der Waals surface area contributed by atoms with Crippen LogP contribution in [-0.2, 0) is 19.3 Å². The molecule has 0 saturated heterocycles. The van der Waals surface area contributed by atoms with Crippen LogP contribution in [-0.4, -0.2) is 40.0 Å². The topological polar surface area (TPSA) is 66.6 Å². The Hall–Kier alpha value is -2.41. The third kappa shape index (κ3) is 5.29. The van der Waals surface area contributed by atoms with Crippen LogP contribution in [0, 0.1) is 6.92 Å². The fourth-order valence-electron chi connectivity index (χ4n) is 2.87. The van der Waals surface area contributed by atoms with Gasteiger partial charge in [0.1, 0.15) is 5.65 Å². The zero-order chi connectivity index (χ0) is 19.1. The fraction of sp³-hybridized carbons (Fsp3) is 0.450. The highest BCUT2D eigenvalue weighted by Gasteiger charge is 2.05. The Morgan fingerprint density at radius 1 is 1.26 bits per heavy atom. The first-order valence-electron chi connectivity index (χ1n) is 9.58. The van der Waals surface area contributed by atoms with Crippen molar-refractivity contribution in [2.45, 2.75) is 40.0 Å². The van der Waals surface area contributed by atoms with E-state index in [1.54, 1.807) is 11.3 Å². The Balaban J connectivity index is 1.51. The van der Waals surface area contributed by atoms with Gasteiger partial charge in [0.25, 0.3) is 0 Å². The van der Waals surface area contributed by atoms with Crippen LogP contribution in [0.5, 0.6) is 0 Å². The van der Waals surface area contributed by atoms with Gasteiger partial charge >= 0.3 is 0 Å². The highest BCUT2D eigenvalue weighted by atomic mass is 32.1. The summed E-state index contributed by atoms with van der Waals surface area (Å²) >= 11 is 1.78. The molecule has 7 heteroatoms. The molecule has 0 atom stereocenters. The van der Waals surface area contributed by atoms with Crippen molar-refractivity contribution in [2.75, 3.05) is 19.6 Å². The lowest BCUT2D eigenvalue weighted by atomic mass is 10.3. The van der Waals surface area contributed by atoms with Gasteiger partial charge in [-0.25, -0.2) is 9.97 Å². The number of fused-ring (bicyclic) bond motifs is 1. The highest BCUT2D eigenvalue weighted by molar-refractivity contribution is 7.11. The van der Waals surface area contributed by atoms with Crippen molar-refractivity contribution in [1.82, 2.24) is 25.0 Å². The number of imidazole rings is 1. The maximum absolute atomic E-state index is 4.72. The van der Waals surface area contributed by atoms with Crippen molar-refractivity contribution in [2.24, 2.45) is 4.99 Å². The molecule has 0 aliphatic rings. The molecule has 3 heterocycles. The zero-order valence-electron chi connectivity index (χ0n) is 16.3. The molecule has 3 aromatic rings. The Labute approximate surface area is 164 Å². The van der Waals surface area contributed by atoms with Crippen LogP contribution < -0.4 is 10.6 Å². The minimum atomic E-state index is 0.736. The van der Waals surface area contributed by atoms with E-state index in [-0.39, 0.29) is 0 Å². The van der Waals surface area contributed by atoms with Crippen molar-refractivity contribution in [3.05, 3.63) is 51.9 Å². The van der Waals surface area contributed by atoms with Gasteiger partial charge in [-0.05, 0) is 31.9 Å². The van der Waals surface area contributed by atoms with Crippen LogP contribution in [0.4, 0.5) is 0 Å². The molecule has 0 aromatic carbocycles. The van der Waals surface area contributed by atoms with Gasteiger partial charge in [0, 0.05) is 55.9 Å². The Kier molecular flexibility index (Phi) is 6.81. The summed E-state index contributed by atoms with van der Waals surface area (Å²) in [5.41, 5.74) is 3.31. The summed E-state index contributed by atoms with van der Waals surface area (Å²) in [4.78, 5) is 15.2. The van der Waals surface area contributed by atoms with Gasteiger partial charge in [-0.2, -0.15) is 0 Å². The number of aryl methyl sites for hydroxylation is 2. The van der Waals surface area contributed by atoms with E-state index < -0.39 is 0 Å².